The van der Waals surface area contributed by atoms with E-state index >= 15 is 0 Å². The molecule has 1 aliphatic heterocycles. The van der Waals surface area contributed by atoms with Crippen LogP contribution in [0.25, 0.3) is 0 Å². The van der Waals surface area contributed by atoms with Crippen molar-refractivity contribution in [2.75, 3.05) is 25.5 Å². The number of amides is 1. The fourth-order valence-corrected chi connectivity index (χ4v) is 3.23. The van der Waals surface area contributed by atoms with Crippen LogP contribution < -0.4 is 5.32 Å². The van der Waals surface area contributed by atoms with E-state index in [9.17, 15) is 9.90 Å². The third kappa shape index (κ3) is 2.06. The van der Waals surface area contributed by atoms with Crippen molar-refractivity contribution >= 4 is 11.7 Å². The number of pyridine rings is 1. The summed E-state index contributed by atoms with van der Waals surface area (Å²) in [4.78, 5) is 18.6. The largest absolute Gasteiger partial charge is 0.387 e. The molecule has 0 spiro atoms. The van der Waals surface area contributed by atoms with Crippen molar-refractivity contribution in [2.45, 2.75) is 25.4 Å². The summed E-state index contributed by atoms with van der Waals surface area (Å²) in [5.41, 5.74) is -0.125. The summed E-state index contributed by atoms with van der Waals surface area (Å²) < 4.78 is 0. The van der Waals surface area contributed by atoms with E-state index in [4.69, 9.17) is 0 Å². The van der Waals surface area contributed by atoms with E-state index in [-0.39, 0.29) is 11.8 Å². The Morgan fingerprint density at radius 1 is 1.55 bits per heavy atom. The summed E-state index contributed by atoms with van der Waals surface area (Å²) in [7, 11) is 1.76. The molecular formula is C15H21N3O2. The number of carbonyl (C=O) groups excluding carboxylic acids is 1. The highest BCUT2D eigenvalue weighted by Gasteiger charge is 2.53. The van der Waals surface area contributed by atoms with Crippen molar-refractivity contribution < 1.29 is 9.90 Å². The van der Waals surface area contributed by atoms with E-state index in [0.29, 0.717) is 30.4 Å². The van der Waals surface area contributed by atoms with Gasteiger partial charge in [0, 0.05) is 25.7 Å². The van der Waals surface area contributed by atoms with E-state index in [0.717, 1.165) is 12.8 Å². The third-order valence-electron chi connectivity index (χ3n) is 4.64. The zero-order chi connectivity index (χ0) is 14.3. The molecule has 0 bridgehead atoms. The number of nitrogens with zero attached hydrogens (tertiary/aromatic N) is 2. The van der Waals surface area contributed by atoms with Crippen LogP contribution in [0.4, 0.5) is 5.82 Å². The smallest absolute Gasteiger partial charge is 0.257 e. The molecule has 0 unspecified atom stereocenters. The minimum atomic E-state index is -0.697. The molecule has 1 aliphatic carbocycles. The summed E-state index contributed by atoms with van der Waals surface area (Å²) in [6.45, 7) is 3.09. The first-order chi connectivity index (χ1) is 9.56. The Kier molecular flexibility index (Phi) is 3.17. The monoisotopic (exact) mass is 275 g/mol. The molecule has 3 rings (SSSR count). The number of hydrogen-bond acceptors (Lipinski definition) is 4. The number of likely N-dealkylation sites (tertiary alicyclic amines) is 1. The second-order valence-electron chi connectivity index (χ2n) is 6.00. The lowest BCUT2D eigenvalue weighted by Gasteiger charge is -2.26. The number of carbonyl (C=O) groups is 1. The van der Waals surface area contributed by atoms with Crippen molar-refractivity contribution in [2.24, 2.45) is 11.8 Å². The standard InChI is InChI=1S/C15H21N3O2/c1-10-8-18(9-15(10,20)11-5-6-11)14(19)12-4-3-7-17-13(12)16-2/h3-4,7,10-11,20H,5-6,8-9H2,1-2H3,(H,16,17)/t10-,15+/m1/s1. The SMILES string of the molecule is CNc1ncccc1C(=O)N1C[C@@H](C)[C@](O)(C2CC2)C1. The number of aromatic nitrogens is 1. The normalized spacial score (nSPS) is 29.6. The summed E-state index contributed by atoms with van der Waals surface area (Å²) in [5, 5.41) is 13.7. The number of aliphatic hydroxyl groups is 1. The number of nitrogens with one attached hydrogen (secondary N) is 1. The van der Waals surface area contributed by atoms with Crippen LogP contribution in [0.5, 0.6) is 0 Å². The molecule has 2 fully saturated rings. The van der Waals surface area contributed by atoms with Crippen LogP contribution in [-0.4, -0.2) is 46.6 Å². The Hall–Kier alpha value is -1.62. The molecule has 0 aromatic carbocycles. The van der Waals surface area contributed by atoms with Crippen LogP contribution in [0, 0.1) is 11.8 Å². The van der Waals surface area contributed by atoms with Gasteiger partial charge in [-0.1, -0.05) is 6.92 Å². The first-order valence-corrected chi connectivity index (χ1v) is 7.20. The fraction of sp³-hybridized carbons (Fsp3) is 0.600. The maximum Gasteiger partial charge on any atom is 0.257 e. The number of β-amino-alcohol motifs (C(OH)–C–C–N with tert-alkyl or cyclic N) is 1. The van der Waals surface area contributed by atoms with E-state index in [1.54, 1.807) is 30.3 Å². The second kappa shape index (κ2) is 4.74. The van der Waals surface area contributed by atoms with Crippen LogP contribution in [0.3, 0.4) is 0 Å². The Labute approximate surface area is 119 Å². The van der Waals surface area contributed by atoms with Gasteiger partial charge < -0.3 is 15.3 Å². The van der Waals surface area contributed by atoms with Crippen molar-refractivity contribution in [3.8, 4) is 0 Å². The van der Waals surface area contributed by atoms with Crippen molar-refractivity contribution in [1.82, 2.24) is 9.88 Å². The predicted molar refractivity (Wildman–Crippen MR) is 76.5 cm³/mol. The van der Waals surface area contributed by atoms with Crippen LogP contribution in [0.2, 0.25) is 0 Å². The Morgan fingerprint density at radius 3 is 2.95 bits per heavy atom. The molecule has 0 radical (unpaired) electrons. The lowest BCUT2D eigenvalue weighted by atomic mass is 9.88. The topological polar surface area (TPSA) is 65.5 Å². The summed E-state index contributed by atoms with van der Waals surface area (Å²) in [6, 6.07) is 3.54. The first kappa shape index (κ1) is 13.4. The van der Waals surface area contributed by atoms with Gasteiger partial charge in [-0.25, -0.2) is 4.98 Å². The second-order valence-corrected chi connectivity index (χ2v) is 6.00. The van der Waals surface area contributed by atoms with E-state index in [1.807, 2.05) is 6.92 Å². The van der Waals surface area contributed by atoms with E-state index in [2.05, 4.69) is 10.3 Å². The molecule has 1 amide bonds. The van der Waals surface area contributed by atoms with Gasteiger partial charge in [0.15, 0.2) is 0 Å². The van der Waals surface area contributed by atoms with Gasteiger partial charge in [0.2, 0.25) is 0 Å². The molecule has 2 atom stereocenters. The van der Waals surface area contributed by atoms with Gasteiger partial charge in [-0.15, -0.1) is 0 Å². The Bertz CT molecular complexity index is 530. The predicted octanol–water partition coefficient (Wildman–Crippen LogP) is 1.36. The lowest BCUT2D eigenvalue weighted by Crippen LogP contribution is -2.40. The van der Waals surface area contributed by atoms with Crippen molar-refractivity contribution in [1.29, 1.82) is 0 Å². The molecule has 20 heavy (non-hydrogen) atoms. The molecule has 1 saturated heterocycles. The zero-order valence-electron chi connectivity index (χ0n) is 12.0. The third-order valence-corrected chi connectivity index (χ3v) is 4.64. The number of rotatable bonds is 3. The Morgan fingerprint density at radius 2 is 2.30 bits per heavy atom. The quantitative estimate of drug-likeness (QED) is 0.874. The van der Waals surface area contributed by atoms with Crippen molar-refractivity contribution in [3.63, 3.8) is 0 Å². The highest BCUT2D eigenvalue weighted by molar-refractivity contribution is 5.98. The van der Waals surface area contributed by atoms with E-state index < -0.39 is 5.60 Å². The summed E-state index contributed by atoms with van der Waals surface area (Å²) in [6.07, 6.45) is 3.82. The Balaban J connectivity index is 1.82. The molecule has 108 valence electrons. The van der Waals surface area contributed by atoms with Gasteiger partial charge in [-0.2, -0.15) is 0 Å². The average molecular weight is 275 g/mol. The average Bonchev–Trinajstić information content (AvgIpc) is 3.26. The fourth-order valence-electron chi connectivity index (χ4n) is 3.23. The molecule has 1 aromatic heterocycles. The van der Waals surface area contributed by atoms with Gasteiger partial charge in [0.25, 0.3) is 5.91 Å². The molecule has 1 saturated carbocycles. The van der Waals surface area contributed by atoms with Crippen molar-refractivity contribution in [3.05, 3.63) is 23.9 Å². The minimum absolute atomic E-state index is 0.0501. The number of anilines is 1. The number of hydrogen-bond donors (Lipinski definition) is 2. The maximum atomic E-state index is 12.6. The highest BCUT2D eigenvalue weighted by Crippen LogP contribution is 2.47. The van der Waals surface area contributed by atoms with Gasteiger partial charge >= 0.3 is 0 Å². The van der Waals surface area contributed by atoms with Gasteiger partial charge in [0.05, 0.1) is 17.7 Å². The van der Waals surface area contributed by atoms with E-state index in [1.165, 1.54) is 0 Å². The molecule has 5 nitrogen and oxygen atoms in total. The lowest BCUT2D eigenvalue weighted by molar-refractivity contribution is -0.00364. The molecule has 1 aromatic rings. The molecule has 2 heterocycles. The van der Waals surface area contributed by atoms with Crippen LogP contribution in [0.15, 0.2) is 18.3 Å². The highest BCUT2D eigenvalue weighted by atomic mass is 16.3. The van der Waals surface area contributed by atoms with Crippen LogP contribution in [-0.2, 0) is 0 Å². The molecular weight excluding hydrogens is 254 g/mol. The van der Waals surface area contributed by atoms with Crippen LogP contribution in [0.1, 0.15) is 30.1 Å². The van der Waals surface area contributed by atoms with Gasteiger partial charge in [-0.05, 0) is 30.9 Å². The van der Waals surface area contributed by atoms with Crippen LogP contribution >= 0.6 is 0 Å². The molecule has 2 aliphatic rings. The minimum Gasteiger partial charge on any atom is -0.387 e. The van der Waals surface area contributed by atoms with Gasteiger partial charge in [-0.3, -0.25) is 4.79 Å². The maximum absolute atomic E-state index is 12.6. The van der Waals surface area contributed by atoms with Gasteiger partial charge in [0.1, 0.15) is 5.82 Å². The summed E-state index contributed by atoms with van der Waals surface area (Å²) >= 11 is 0. The zero-order valence-corrected chi connectivity index (χ0v) is 12.0. The molecule has 5 heteroatoms. The first-order valence-electron chi connectivity index (χ1n) is 7.20. The molecule has 2 N–H and O–H groups in total. The summed E-state index contributed by atoms with van der Waals surface area (Å²) in [5.74, 6) is 1.04.